The fourth-order valence-electron chi connectivity index (χ4n) is 3.90. The molecule has 0 aliphatic heterocycles. The van der Waals surface area contributed by atoms with Crippen LogP contribution in [0.25, 0.3) is 11.1 Å². The van der Waals surface area contributed by atoms with Gasteiger partial charge in [0.1, 0.15) is 12.1 Å². The minimum absolute atomic E-state index is 0.0940. The molecule has 0 saturated carbocycles. The van der Waals surface area contributed by atoms with Crippen LogP contribution < -0.4 is 10.8 Å². The summed E-state index contributed by atoms with van der Waals surface area (Å²) in [5.41, 5.74) is 5.25. The molecule has 1 aliphatic carbocycles. The van der Waals surface area contributed by atoms with E-state index in [1.165, 1.54) is 0 Å². The Hall–Kier alpha value is -3.39. The summed E-state index contributed by atoms with van der Waals surface area (Å²) >= 11 is 0. The van der Waals surface area contributed by atoms with Crippen molar-refractivity contribution < 1.29 is 29.1 Å². The van der Waals surface area contributed by atoms with Crippen LogP contribution in [0.4, 0.5) is 4.79 Å². The standard InChI is InChI=1S/C23H26N2O6/c1-3-23(4-2,21(28)25-31-14-20(26)27)24-22(29)30-13-19-17-11-7-5-9-15(17)16-10-6-8-12-18(16)19/h5-12,19H,3-4,13-14H2,1-2H3,(H,24,29)(H,25,28)(H,26,27). The van der Waals surface area contributed by atoms with Crippen LogP contribution in [-0.2, 0) is 19.2 Å². The van der Waals surface area contributed by atoms with E-state index in [1.807, 2.05) is 36.4 Å². The number of hydrogen-bond donors (Lipinski definition) is 3. The number of fused-ring (bicyclic) bond motifs is 3. The highest BCUT2D eigenvalue weighted by Crippen LogP contribution is 2.44. The molecule has 8 heteroatoms. The molecule has 0 saturated heterocycles. The SMILES string of the molecule is CCC(CC)(NC(=O)OCC1c2ccccc2-c2ccccc21)C(=O)NOCC(=O)O. The average molecular weight is 426 g/mol. The van der Waals surface area contributed by atoms with Gasteiger partial charge in [0.15, 0.2) is 6.61 Å². The number of alkyl carbamates (subject to hydrolysis) is 1. The molecule has 3 rings (SSSR count). The predicted octanol–water partition coefficient (Wildman–Crippen LogP) is 3.22. The van der Waals surface area contributed by atoms with Gasteiger partial charge >= 0.3 is 12.1 Å². The lowest BCUT2D eigenvalue weighted by Crippen LogP contribution is -2.58. The second kappa shape index (κ2) is 9.61. The number of carbonyl (C=O) groups excluding carboxylic acids is 2. The topological polar surface area (TPSA) is 114 Å². The van der Waals surface area contributed by atoms with Crippen molar-refractivity contribution in [2.24, 2.45) is 0 Å². The average Bonchev–Trinajstić information content (AvgIpc) is 3.09. The van der Waals surface area contributed by atoms with Gasteiger partial charge in [-0.25, -0.2) is 15.1 Å². The van der Waals surface area contributed by atoms with Gasteiger partial charge in [0.05, 0.1) is 0 Å². The highest BCUT2D eigenvalue weighted by Gasteiger charge is 2.38. The quantitative estimate of drug-likeness (QED) is 0.531. The van der Waals surface area contributed by atoms with Crippen LogP contribution in [0.5, 0.6) is 0 Å². The van der Waals surface area contributed by atoms with Crippen molar-refractivity contribution >= 4 is 18.0 Å². The van der Waals surface area contributed by atoms with Gasteiger partial charge in [0.25, 0.3) is 5.91 Å². The second-order valence-electron chi connectivity index (χ2n) is 7.35. The fourth-order valence-corrected chi connectivity index (χ4v) is 3.90. The maximum absolute atomic E-state index is 12.6. The molecule has 0 aromatic heterocycles. The van der Waals surface area contributed by atoms with Gasteiger partial charge in [-0.3, -0.25) is 9.63 Å². The molecule has 2 aromatic rings. The third-order valence-corrected chi connectivity index (χ3v) is 5.69. The summed E-state index contributed by atoms with van der Waals surface area (Å²) in [4.78, 5) is 40.4. The number of benzene rings is 2. The molecular formula is C23H26N2O6. The van der Waals surface area contributed by atoms with Crippen molar-refractivity contribution in [2.45, 2.75) is 38.1 Å². The smallest absolute Gasteiger partial charge is 0.408 e. The maximum Gasteiger partial charge on any atom is 0.408 e. The van der Waals surface area contributed by atoms with E-state index in [9.17, 15) is 14.4 Å². The number of nitrogens with one attached hydrogen (secondary N) is 2. The number of ether oxygens (including phenoxy) is 1. The Morgan fingerprint density at radius 1 is 0.968 bits per heavy atom. The van der Waals surface area contributed by atoms with E-state index in [0.29, 0.717) is 0 Å². The Labute approximate surface area is 180 Å². The summed E-state index contributed by atoms with van der Waals surface area (Å²) < 4.78 is 5.53. The lowest BCUT2D eigenvalue weighted by atomic mass is 9.92. The van der Waals surface area contributed by atoms with Crippen molar-refractivity contribution in [2.75, 3.05) is 13.2 Å². The zero-order valence-corrected chi connectivity index (χ0v) is 17.5. The van der Waals surface area contributed by atoms with Crippen molar-refractivity contribution in [3.8, 4) is 11.1 Å². The molecule has 3 N–H and O–H groups in total. The van der Waals surface area contributed by atoms with Crippen LogP contribution in [0.3, 0.4) is 0 Å². The van der Waals surface area contributed by atoms with Crippen LogP contribution in [-0.4, -0.2) is 41.8 Å². The number of amides is 2. The van der Waals surface area contributed by atoms with Crippen LogP contribution in [0.1, 0.15) is 43.7 Å². The molecule has 0 unspecified atom stereocenters. The number of carboxylic acids is 1. The van der Waals surface area contributed by atoms with Crippen LogP contribution in [0, 0.1) is 0 Å². The van der Waals surface area contributed by atoms with Crippen LogP contribution in [0.15, 0.2) is 48.5 Å². The van der Waals surface area contributed by atoms with Gasteiger partial charge < -0.3 is 15.2 Å². The molecular weight excluding hydrogens is 400 g/mol. The van der Waals surface area contributed by atoms with Crippen LogP contribution in [0.2, 0.25) is 0 Å². The van der Waals surface area contributed by atoms with Gasteiger partial charge in [-0.05, 0) is 35.1 Å². The zero-order valence-electron chi connectivity index (χ0n) is 17.5. The summed E-state index contributed by atoms with van der Waals surface area (Å²) in [5, 5.41) is 11.3. The van der Waals surface area contributed by atoms with Crippen molar-refractivity contribution in [3.63, 3.8) is 0 Å². The van der Waals surface area contributed by atoms with Gasteiger partial charge in [-0.15, -0.1) is 0 Å². The summed E-state index contributed by atoms with van der Waals surface area (Å²) in [6.45, 7) is 2.93. The number of rotatable bonds is 9. The highest BCUT2D eigenvalue weighted by atomic mass is 16.7. The first-order valence-corrected chi connectivity index (χ1v) is 10.2. The third kappa shape index (κ3) is 4.69. The summed E-state index contributed by atoms with van der Waals surface area (Å²) in [6, 6.07) is 16.0. The van der Waals surface area contributed by atoms with Crippen molar-refractivity contribution in [1.29, 1.82) is 0 Å². The van der Waals surface area contributed by atoms with E-state index >= 15 is 0 Å². The fraction of sp³-hybridized carbons (Fsp3) is 0.348. The lowest BCUT2D eigenvalue weighted by Gasteiger charge is -2.30. The zero-order chi connectivity index (χ0) is 22.4. The van der Waals surface area contributed by atoms with E-state index < -0.39 is 30.1 Å². The van der Waals surface area contributed by atoms with Crippen molar-refractivity contribution in [1.82, 2.24) is 10.8 Å². The second-order valence-corrected chi connectivity index (χ2v) is 7.35. The Morgan fingerprint density at radius 2 is 1.52 bits per heavy atom. The first-order chi connectivity index (χ1) is 14.9. The van der Waals surface area contributed by atoms with Gasteiger partial charge in [0.2, 0.25) is 0 Å². The summed E-state index contributed by atoms with van der Waals surface area (Å²) in [5.74, 6) is -1.95. The Kier molecular flexibility index (Phi) is 6.91. The molecule has 164 valence electrons. The monoisotopic (exact) mass is 426 g/mol. The molecule has 0 heterocycles. The number of hydrogen-bond acceptors (Lipinski definition) is 5. The van der Waals surface area contributed by atoms with Crippen molar-refractivity contribution in [3.05, 3.63) is 59.7 Å². The predicted molar refractivity (Wildman–Crippen MR) is 113 cm³/mol. The Balaban J connectivity index is 1.67. The molecule has 0 atom stereocenters. The number of carboxylic acid groups (broad SMARTS) is 1. The van der Waals surface area contributed by atoms with Gasteiger partial charge in [-0.2, -0.15) is 0 Å². The molecule has 0 radical (unpaired) electrons. The molecule has 2 aromatic carbocycles. The minimum atomic E-state index is -1.28. The number of carbonyl (C=O) groups is 3. The van der Waals surface area contributed by atoms with Crippen LogP contribution >= 0.6 is 0 Å². The third-order valence-electron chi connectivity index (χ3n) is 5.69. The lowest BCUT2D eigenvalue weighted by molar-refractivity contribution is -0.152. The summed E-state index contributed by atoms with van der Waals surface area (Å²) in [6.07, 6.45) is -0.176. The number of aliphatic carboxylic acids is 1. The molecule has 2 amide bonds. The van der Waals surface area contributed by atoms with E-state index in [1.54, 1.807) is 13.8 Å². The number of hydroxylamine groups is 1. The molecule has 8 nitrogen and oxygen atoms in total. The first-order valence-electron chi connectivity index (χ1n) is 10.2. The van der Waals surface area contributed by atoms with E-state index in [2.05, 4.69) is 27.8 Å². The molecule has 0 spiro atoms. The normalized spacial score (nSPS) is 12.6. The highest BCUT2D eigenvalue weighted by molar-refractivity contribution is 5.89. The van der Waals surface area contributed by atoms with E-state index in [0.717, 1.165) is 22.3 Å². The van der Waals surface area contributed by atoms with Gasteiger partial charge in [0, 0.05) is 5.92 Å². The molecule has 0 bridgehead atoms. The molecule has 31 heavy (non-hydrogen) atoms. The van der Waals surface area contributed by atoms with Gasteiger partial charge in [-0.1, -0.05) is 62.4 Å². The largest absolute Gasteiger partial charge is 0.479 e. The molecule has 1 aliphatic rings. The maximum atomic E-state index is 12.6. The first kappa shape index (κ1) is 22.3. The summed E-state index contributed by atoms with van der Waals surface area (Å²) in [7, 11) is 0. The molecule has 0 fully saturated rings. The minimum Gasteiger partial charge on any atom is -0.479 e. The Morgan fingerprint density at radius 3 is 2.03 bits per heavy atom. The van der Waals surface area contributed by atoms with E-state index in [-0.39, 0.29) is 25.4 Å². The van der Waals surface area contributed by atoms with E-state index in [4.69, 9.17) is 9.84 Å². The Bertz CT molecular complexity index is 925.